The Balaban J connectivity index is 2.57. The lowest BCUT2D eigenvalue weighted by Gasteiger charge is -2.23. The fourth-order valence-corrected chi connectivity index (χ4v) is 3.46. The molecule has 15 heavy (non-hydrogen) atoms. The summed E-state index contributed by atoms with van der Waals surface area (Å²) in [7, 11) is -1.41. The third-order valence-electron chi connectivity index (χ3n) is 2.84. The lowest BCUT2D eigenvalue weighted by Crippen LogP contribution is -2.30. The monoisotopic (exact) mass is 234 g/mol. The second-order valence-electron chi connectivity index (χ2n) is 4.71. The van der Waals surface area contributed by atoms with E-state index in [-0.39, 0.29) is 29.6 Å². The maximum atomic E-state index is 11.8. The number of sulfone groups is 1. The van der Waals surface area contributed by atoms with Crippen molar-refractivity contribution in [2.75, 3.05) is 18.6 Å². The van der Waals surface area contributed by atoms with E-state index in [4.69, 9.17) is 4.74 Å². The number of ketones is 1. The zero-order valence-electron chi connectivity index (χ0n) is 9.45. The molecule has 0 aliphatic carbocycles. The Bertz CT molecular complexity index is 342. The van der Waals surface area contributed by atoms with Crippen LogP contribution in [0.25, 0.3) is 0 Å². The standard InChI is InChI=1S/C10H18O4S/c1-10(2,14-3)6-9(11)8-4-5-15(12,13)7-8/h8H,4-7H2,1-3H3. The largest absolute Gasteiger partial charge is 0.378 e. The highest BCUT2D eigenvalue weighted by molar-refractivity contribution is 7.91. The molecule has 0 spiro atoms. The van der Waals surface area contributed by atoms with Gasteiger partial charge in [-0.1, -0.05) is 0 Å². The highest BCUT2D eigenvalue weighted by Gasteiger charge is 2.35. The Hall–Kier alpha value is -0.420. The minimum Gasteiger partial charge on any atom is -0.378 e. The molecule has 88 valence electrons. The Labute approximate surface area is 90.9 Å². The van der Waals surface area contributed by atoms with Crippen molar-refractivity contribution in [3.05, 3.63) is 0 Å². The van der Waals surface area contributed by atoms with Crippen LogP contribution in [-0.2, 0) is 19.4 Å². The number of carbonyl (C=O) groups is 1. The van der Waals surface area contributed by atoms with Crippen LogP contribution in [0.1, 0.15) is 26.7 Å². The molecule has 0 aromatic carbocycles. The number of hydrogen-bond donors (Lipinski definition) is 0. The molecule has 0 N–H and O–H groups in total. The van der Waals surface area contributed by atoms with Gasteiger partial charge in [-0.05, 0) is 20.3 Å². The first kappa shape index (κ1) is 12.6. The van der Waals surface area contributed by atoms with Crippen molar-refractivity contribution >= 4 is 15.6 Å². The van der Waals surface area contributed by atoms with Gasteiger partial charge in [0.15, 0.2) is 9.84 Å². The summed E-state index contributed by atoms with van der Waals surface area (Å²) in [5, 5.41) is 0. The van der Waals surface area contributed by atoms with Gasteiger partial charge in [0.25, 0.3) is 0 Å². The molecule has 1 atom stereocenters. The SMILES string of the molecule is COC(C)(C)CC(=O)C1CCS(=O)(=O)C1. The third-order valence-corrected chi connectivity index (χ3v) is 4.61. The molecule has 1 unspecified atom stereocenters. The highest BCUT2D eigenvalue weighted by Crippen LogP contribution is 2.24. The highest BCUT2D eigenvalue weighted by atomic mass is 32.2. The number of carbonyl (C=O) groups excluding carboxylic acids is 1. The fourth-order valence-electron chi connectivity index (χ4n) is 1.69. The van der Waals surface area contributed by atoms with Crippen molar-refractivity contribution in [2.24, 2.45) is 5.92 Å². The summed E-state index contributed by atoms with van der Waals surface area (Å²) in [4.78, 5) is 11.8. The summed E-state index contributed by atoms with van der Waals surface area (Å²) in [6, 6.07) is 0. The van der Waals surface area contributed by atoms with E-state index in [0.29, 0.717) is 6.42 Å². The van der Waals surface area contributed by atoms with E-state index in [1.165, 1.54) is 0 Å². The zero-order chi connectivity index (χ0) is 11.7. The Kier molecular flexibility index (Phi) is 3.55. The van der Waals surface area contributed by atoms with Gasteiger partial charge >= 0.3 is 0 Å². The molecule has 0 aromatic heterocycles. The van der Waals surface area contributed by atoms with Crippen LogP contribution < -0.4 is 0 Å². The van der Waals surface area contributed by atoms with Crippen molar-refractivity contribution in [1.82, 2.24) is 0 Å². The van der Waals surface area contributed by atoms with Gasteiger partial charge in [0.2, 0.25) is 0 Å². The molecule has 0 bridgehead atoms. The van der Waals surface area contributed by atoms with E-state index >= 15 is 0 Å². The molecule has 0 radical (unpaired) electrons. The first-order valence-electron chi connectivity index (χ1n) is 5.04. The average molecular weight is 234 g/mol. The number of rotatable bonds is 4. The van der Waals surface area contributed by atoms with E-state index in [1.54, 1.807) is 7.11 Å². The molecular formula is C10H18O4S. The van der Waals surface area contributed by atoms with Crippen LogP contribution in [0, 0.1) is 5.92 Å². The average Bonchev–Trinajstić information content (AvgIpc) is 2.45. The quantitative estimate of drug-likeness (QED) is 0.722. The molecule has 0 aromatic rings. The predicted octanol–water partition coefficient (Wildman–Crippen LogP) is 0.805. The van der Waals surface area contributed by atoms with Gasteiger partial charge in [-0.2, -0.15) is 0 Å². The molecule has 1 fully saturated rings. The first-order chi connectivity index (χ1) is 6.76. The summed E-state index contributed by atoms with van der Waals surface area (Å²) in [6.07, 6.45) is 0.755. The van der Waals surface area contributed by atoms with Crippen molar-refractivity contribution in [2.45, 2.75) is 32.3 Å². The van der Waals surface area contributed by atoms with E-state index in [2.05, 4.69) is 0 Å². The summed E-state index contributed by atoms with van der Waals surface area (Å²) >= 11 is 0. The molecule has 1 aliphatic rings. The van der Waals surface area contributed by atoms with Gasteiger partial charge in [-0.15, -0.1) is 0 Å². The summed E-state index contributed by atoms with van der Waals surface area (Å²) in [5.74, 6) is -0.144. The lowest BCUT2D eigenvalue weighted by molar-refractivity contribution is -0.127. The maximum absolute atomic E-state index is 11.8. The normalized spacial score (nSPS) is 25.4. The first-order valence-corrected chi connectivity index (χ1v) is 6.86. The summed E-state index contributed by atoms with van der Waals surface area (Å²) in [5.41, 5.74) is -0.497. The van der Waals surface area contributed by atoms with Crippen molar-refractivity contribution < 1.29 is 17.9 Å². The van der Waals surface area contributed by atoms with Gasteiger partial charge < -0.3 is 4.74 Å². The molecule has 0 amide bonds. The molecule has 4 nitrogen and oxygen atoms in total. The van der Waals surface area contributed by atoms with E-state index in [9.17, 15) is 13.2 Å². The third kappa shape index (κ3) is 3.57. The zero-order valence-corrected chi connectivity index (χ0v) is 10.3. The van der Waals surface area contributed by atoms with Crippen LogP contribution in [-0.4, -0.2) is 38.4 Å². The van der Waals surface area contributed by atoms with E-state index < -0.39 is 15.4 Å². The van der Waals surface area contributed by atoms with Gasteiger partial charge in [-0.25, -0.2) is 8.42 Å². The van der Waals surface area contributed by atoms with Gasteiger partial charge in [0, 0.05) is 19.4 Å². The lowest BCUT2D eigenvalue weighted by atomic mass is 9.93. The van der Waals surface area contributed by atoms with Crippen molar-refractivity contribution in [3.63, 3.8) is 0 Å². The van der Waals surface area contributed by atoms with E-state index in [1.807, 2.05) is 13.8 Å². The minimum absolute atomic E-state index is 0.00271. The van der Waals surface area contributed by atoms with Crippen LogP contribution in [0.5, 0.6) is 0 Å². The Morgan fingerprint density at radius 2 is 2.07 bits per heavy atom. The molecular weight excluding hydrogens is 216 g/mol. The molecule has 1 rings (SSSR count). The number of methoxy groups -OCH3 is 1. The van der Waals surface area contributed by atoms with Gasteiger partial charge in [0.1, 0.15) is 5.78 Å². The minimum atomic E-state index is -2.96. The van der Waals surface area contributed by atoms with Crippen LogP contribution in [0.3, 0.4) is 0 Å². The molecule has 5 heteroatoms. The summed E-state index contributed by atoms with van der Waals surface area (Å²) in [6.45, 7) is 3.66. The number of hydrogen-bond acceptors (Lipinski definition) is 4. The van der Waals surface area contributed by atoms with Crippen molar-refractivity contribution in [3.8, 4) is 0 Å². The van der Waals surface area contributed by atoms with Crippen LogP contribution in [0.2, 0.25) is 0 Å². The number of Topliss-reactive ketones (excluding diaryl/α,β-unsaturated/α-hetero) is 1. The second-order valence-corrected chi connectivity index (χ2v) is 6.94. The maximum Gasteiger partial charge on any atom is 0.151 e. The van der Waals surface area contributed by atoms with Gasteiger partial charge in [0.05, 0.1) is 17.1 Å². The Morgan fingerprint density at radius 3 is 2.47 bits per heavy atom. The summed E-state index contributed by atoms with van der Waals surface area (Å²) < 4.78 is 27.5. The topological polar surface area (TPSA) is 60.4 Å². The molecule has 1 heterocycles. The number of ether oxygens (including phenoxy) is 1. The molecule has 1 aliphatic heterocycles. The van der Waals surface area contributed by atoms with Crippen LogP contribution in [0.15, 0.2) is 0 Å². The van der Waals surface area contributed by atoms with Gasteiger partial charge in [-0.3, -0.25) is 4.79 Å². The smallest absolute Gasteiger partial charge is 0.151 e. The van der Waals surface area contributed by atoms with Crippen LogP contribution in [0.4, 0.5) is 0 Å². The molecule has 0 saturated carbocycles. The van der Waals surface area contributed by atoms with Crippen molar-refractivity contribution in [1.29, 1.82) is 0 Å². The second kappa shape index (κ2) is 4.22. The predicted molar refractivity (Wildman–Crippen MR) is 57.5 cm³/mol. The van der Waals surface area contributed by atoms with E-state index in [0.717, 1.165) is 0 Å². The van der Waals surface area contributed by atoms with Crippen LogP contribution >= 0.6 is 0 Å². The Morgan fingerprint density at radius 1 is 1.47 bits per heavy atom. The molecule has 1 saturated heterocycles. The fraction of sp³-hybridized carbons (Fsp3) is 0.900.